The van der Waals surface area contributed by atoms with Crippen molar-refractivity contribution in [1.29, 1.82) is 0 Å². The second-order valence-corrected chi connectivity index (χ2v) is 3.17. The van der Waals surface area contributed by atoms with Crippen molar-refractivity contribution in [2.45, 2.75) is 12.5 Å². The Morgan fingerprint density at radius 3 is 3.23 bits per heavy atom. The normalized spacial score (nSPS) is 21.7. The molecular weight excluding hydrogens is 166 g/mol. The van der Waals surface area contributed by atoms with Gasteiger partial charge in [0.15, 0.2) is 0 Å². The highest BCUT2D eigenvalue weighted by Gasteiger charge is 2.14. The van der Waals surface area contributed by atoms with Crippen LogP contribution in [0, 0.1) is 0 Å². The molecule has 3 N–H and O–H groups in total. The van der Waals surface area contributed by atoms with Crippen LogP contribution in [0.15, 0.2) is 18.3 Å². The van der Waals surface area contributed by atoms with Crippen LogP contribution in [0.2, 0.25) is 0 Å². The Kier molecular flexibility index (Phi) is 2.31. The van der Waals surface area contributed by atoms with Crippen LogP contribution in [0.4, 0.5) is 11.5 Å². The summed E-state index contributed by atoms with van der Waals surface area (Å²) in [6.07, 6.45) is 2.76. The van der Waals surface area contributed by atoms with E-state index in [0.29, 0.717) is 11.9 Å². The van der Waals surface area contributed by atoms with E-state index < -0.39 is 0 Å². The number of hydrogen-bond acceptors (Lipinski definition) is 4. The molecule has 4 heteroatoms. The Morgan fingerprint density at radius 2 is 2.54 bits per heavy atom. The molecule has 0 aromatic carbocycles. The molecule has 0 amide bonds. The third-order valence-electron chi connectivity index (χ3n) is 2.08. The quantitative estimate of drug-likeness (QED) is 0.707. The lowest BCUT2D eigenvalue weighted by Gasteiger charge is -2.11. The molecule has 1 aromatic heterocycles. The summed E-state index contributed by atoms with van der Waals surface area (Å²) in [5.41, 5.74) is 6.57. The van der Waals surface area contributed by atoms with E-state index >= 15 is 0 Å². The molecule has 1 unspecified atom stereocenters. The highest BCUT2D eigenvalue weighted by molar-refractivity contribution is 5.50. The van der Waals surface area contributed by atoms with Crippen molar-refractivity contribution in [2.75, 3.05) is 24.3 Å². The van der Waals surface area contributed by atoms with Crippen LogP contribution in [0.1, 0.15) is 6.42 Å². The Labute approximate surface area is 77.1 Å². The van der Waals surface area contributed by atoms with Crippen LogP contribution < -0.4 is 11.1 Å². The van der Waals surface area contributed by atoms with Gasteiger partial charge >= 0.3 is 0 Å². The minimum atomic E-state index is 0.418. The number of nitrogens with zero attached hydrogens (tertiary/aromatic N) is 1. The average Bonchev–Trinajstić information content (AvgIpc) is 2.57. The zero-order chi connectivity index (χ0) is 9.10. The maximum atomic E-state index is 5.55. The van der Waals surface area contributed by atoms with Gasteiger partial charge in [-0.3, -0.25) is 0 Å². The van der Waals surface area contributed by atoms with Crippen LogP contribution in [0.5, 0.6) is 0 Å². The number of pyridine rings is 1. The summed E-state index contributed by atoms with van der Waals surface area (Å²) >= 11 is 0. The Hall–Kier alpha value is -1.29. The predicted molar refractivity (Wildman–Crippen MR) is 51.5 cm³/mol. The maximum Gasteiger partial charge on any atom is 0.125 e. The molecule has 1 aliphatic heterocycles. The number of nitrogens with two attached hydrogens (primary N) is 1. The lowest BCUT2D eigenvalue weighted by Crippen LogP contribution is -2.18. The van der Waals surface area contributed by atoms with Gasteiger partial charge in [-0.25, -0.2) is 4.98 Å². The fourth-order valence-corrected chi connectivity index (χ4v) is 1.42. The third-order valence-corrected chi connectivity index (χ3v) is 2.08. The van der Waals surface area contributed by atoms with Crippen molar-refractivity contribution >= 4 is 11.5 Å². The van der Waals surface area contributed by atoms with Gasteiger partial charge in [-0.1, -0.05) is 0 Å². The van der Waals surface area contributed by atoms with E-state index in [1.54, 1.807) is 6.20 Å². The van der Waals surface area contributed by atoms with Crippen LogP contribution in [0.3, 0.4) is 0 Å². The highest BCUT2D eigenvalue weighted by atomic mass is 16.5. The van der Waals surface area contributed by atoms with Crippen LogP contribution >= 0.6 is 0 Å². The Morgan fingerprint density at radius 1 is 1.62 bits per heavy atom. The molecule has 13 heavy (non-hydrogen) atoms. The largest absolute Gasteiger partial charge is 0.384 e. The minimum Gasteiger partial charge on any atom is -0.384 e. The number of hydrogen-bond donors (Lipinski definition) is 2. The molecule has 1 aromatic rings. The lowest BCUT2D eigenvalue weighted by atomic mass is 10.2. The van der Waals surface area contributed by atoms with Crippen molar-refractivity contribution in [2.24, 2.45) is 0 Å². The molecule has 0 bridgehead atoms. The summed E-state index contributed by atoms with van der Waals surface area (Å²) in [4.78, 5) is 3.92. The molecule has 1 saturated heterocycles. The van der Waals surface area contributed by atoms with Gasteiger partial charge in [0.25, 0.3) is 0 Å². The third kappa shape index (κ3) is 2.09. The molecule has 1 aliphatic rings. The molecule has 0 saturated carbocycles. The standard InChI is InChI=1S/C9H13N3O/c10-9-5-7(1-3-11-9)12-8-2-4-13-6-8/h1,3,5,8H,2,4,6H2,(H3,10,11,12). The van der Waals surface area contributed by atoms with E-state index in [4.69, 9.17) is 10.5 Å². The molecule has 2 rings (SSSR count). The fourth-order valence-electron chi connectivity index (χ4n) is 1.42. The van der Waals surface area contributed by atoms with Gasteiger partial charge < -0.3 is 15.8 Å². The lowest BCUT2D eigenvalue weighted by molar-refractivity contribution is 0.195. The first kappa shape index (κ1) is 8.31. The van der Waals surface area contributed by atoms with Crippen molar-refractivity contribution in [3.63, 3.8) is 0 Å². The number of rotatable bonds is 2. The molecule has 0 aliphatic carbocycles. The van der Waals surface area contributed by atoms with E-state index in [1.807, 2.05) is 12.1 Å². The van der Waals surface area contributed by atoms with E-state index in [9.17, 15) is 0 Å². The van der Waals surface area contributed by atoms with Crippen molar-refractivity contribution in [1.82, 2.24) is 4.98 Å². The smallest absolute Gasteiger partial charge is 0.125 e. The monoisotopic (exact) mass is 179 g/mol. The Balaban J connectivity index is 2.00. The predicted octanol–water partition coefficient (Wildman–Crippen LogP) is 0.865. The number of anilines is 2. The van der Waals surface area contributed by atoms with E-state index in [2.05, 4.69) is 10.3 Å². The molecule has 2 heterocycles. The van der Waals surface area contributed by atoms with Gasteiger partial charge in [-0.2, -0.15) is 0 Å². The minimum absolute atomic E-state index is 0.418. The highest BCUT2D eigenvalue weighted by Crippen LogP contribution is 2.14. The van der Waals surface area contributed by atoms with Gasteiger partial charge in [-0.05, 0) is 12.5 Å². The molecule has 0 spiro atoms. The van der Waals surface area contributed by atoms with Gasteiger partial charge in [0.2, 0.25) is 0 Å². The number of nitrogen functional groups attached to an aromatic ring is 1. The van der Waals surface area contributed by atoms with Crippen molar-refractivity contribution in [3.8, 4) is 0 Å². The van der Waals surface area contributed by atoms with Crippen LogP contribution in [-0.2, 0) is 4.74 Å². The number of aromatic nitrogens is 1. The van der Waals surface area contributed by atoms with Gasteiger partial charge in [0.05, 0.1) is 12.6 Å². The maximum absolute atomic E-state index is 5.55. The second-order valence-electron chi connectivity index (χ2n) is 3.17. The van der Waals surface area contributed by atoms with E-state index in [1.165, 1.54) is 0 Å². The summed E-state index contributed by atoms with van der Waals surface area (Å²) < 4.78 is 5.25. The molecule has 1 fully saturated rings. The van der Waals surface area contributed by atoms with Crippen molar-refractivity contribution < 1.29 is 4.74 Å². The summed E-state index contributed by atoms with van der Waals surface area (Å²) in [5.74, 6) is 0.545. The van der Waals surface area contributed by atoms with E-state index in [0.717, 1.165) is 25.3 Å². The molecule has 1 atom stereocenters. The van der Waals surface area contributed by atoms with Crippen LogP contribution in [0.25, 0.3) is 0 Å². The Bertz CT molecular complexity index is 284. The average molecular weight is 179 g/mol. The number of ether oxygens (including phenoxy) is 1. The second kappa shape index (κ2) is 3.62. The zero-order valence-electron chi connectivity index (χ0n) is 7.36. The first-order valence-corrected chi connectivity index (χ1v) is 4.40. The first-order valence-electron chi connectivity index (χ1n) is 4.40. The number of nitrogens with one attached hydrogen (secondary N) is 1. The zero-order valence-corrected chi connectivity index (χ0v) is 7.36. The van der Waals surface area contributed by atoms with Gasteiger partial charge in [-0.15, -0.1) is 0 Å². The fraction of sp³-hybridized carbons (Fsp3) is 0.444. The van der Waals surface area contributed by atoms with Crippen LogP contribution in [-0.4, -0.2) is 24.2 Å². The summed E-state index contributed by atoms with van der Waals surface area (Å²) in [7, 11) is 0. The summed E-state index contributed by atoms with van der Waals surface area (Å²) in [6.45, 7) is 1.63. The van der Waals surface area contributed by atoms with Crippen molar-refractivity contribution in [3.05, 3.63) is 18.3 Å². The summed E-state index contributed by atoms with van der Waals surface area (Å²) in [6, 6.07) is 4.16. The molecular formula is C9H13N3O. The molecule has 0 radical (unpaired) electrons. The summed E-state index contributed by atoms with van der Waals surface area (Å²) in [5, 5.41) is 3.34. The van der Waals surface area contributed by atoms with Gasteiger partial charge in [0.1, 0.15) is 5.82 Å². The van der Waals surface area contributed by atoms with Gasteiger partial charge in [0, 0.05) is 24.6 Å². The topological polar surface area (TPSA) is 60.2 Å². The first-order chi connectivity index (χ1) is 6.34. The molecule has 4 nitrogen and oxygen atoms in total. The molecule has 70 valence electrons. The SMILES string of the molecule is Nc1cc(NC2CCOC2)ccn1. The van der Waals surface area contributed by atoms with E-state index in [-0.39, 0.29) is 0 Å².